The van der Waals surface area contributed by atoms with E-state index in [-0.39, 0.29) is 0 Å². The van der Waals surface area contributed by atoms with Crippen LogP contribution in [0.4, 0.5) is 0 Å². The molecule has 1 aromatic carbocycles. The molecule has 1 aliphatic carbocycles. The summed E-state index contributed by atoms with van der Waals surface area (Å²) in [5.74, 6) is 1.53. The first-order chi connectivity index (χ1) is 8.81. The summed E-state index contributed by atoms with van der Waals surface area (Å²) in [7, 11) is 2.04. The van der Waals surface area contributed by atoms with E-state index in [1.807, 2.05) is 13.1 Å². The van der Waals surface area contributed by atoms with Crippen molar-refractivity contribution in [2.75, 3.05) is 13.6 Å². The Morgan fingerprint density at radius 1 is 1.28 bits per heavy atom. The van der Waals surface area contributed by atoms with E-state index in [0.717, 1.165) is 17.5 Å². The molecule has 0 aliphatic heterocycles. The Morgan fingerprint density at radius 3 is 2.72 bits per heavy atom. The largest absolute Gasteiger partial charge is 0.320 e. The number of halogens is 1. The van der Waals surface area contributed by atoms with Gasteiger partial charge in [-0.05, 0) is 62.4 Å². The van der Waals surface area contributed by atoms with Gasteiger partial charge in [0.05, 0.1) is 0 Å². The molecule has 1 nitrogen and oxygen atoms in total. The molecule has 2 rings (SSSR count). The van der Waals surface area contributed by atoms with Crippen molar-refractivity contribution < 1.29 is 0 Å². The van der Waals surface area contributed by atoms with Gasteiger partial charge >= 0.3 is 0 Å². The minimum Gasteiger partial charge on any atom is -0.320 e. The van der Waals surface area contributed by atoms with Crippen molar-refractivity contribution in [1.82, 2.24) is 5.32 Å². The van der Waals surface area contributed by atoms with Crippen LogP contribution in [0.25, 0.3) is 0 Å². The topological polar surface area (TPSA) is 12.0 Å². The van der Waals surface area contributed by atoms with Crippen LogP contribution in [0.3, 0.4) is 0 Å². The SMILES string of the molecule is CNCCC(c1cccc(Cl)c1)C1CCCCC1. The van der Waals surface area contributed by atoms with E-state index in [1.165, 1.54) is 44.1 Å². The Labute approximate surface area is 116 Å². The van der Waals surface area contributed by atoms with Crippen molar-refractivity contribution in [2.24, 2.45) is 5.92 Å². The normalized spacial score (nSPS) is 18.8. The Kier molecular flexibility index (Phi) is 5.52. The average molecular weight is 266 g/mol. The van der Waals surface area contributed by atoms with Gasteiger partial charge in [0, 0.05) is 5.02 Å². The summed E-state index contributed by atoms with van der Waals surface area (Å²) in [4.78, 5) is 0. The third-order valence-corrected chi connectivity index (χ3v) is 4.44. The van der Waals surface area contributed by atoms with Gasteiger partial charge in [-0.25, -0.2) is 0 Å². The second-order valence-corrected chi connectivity index (χ2v) is 5.89. The van der Waals surface area contributed by atoms with E-state index in [1.54, 1.807) is 0 Å². The van der Waals surface area contributed by atoms with Crippen molar-refractivity contribution in [1.29, 1.82) is 0 Å². The van der Waals surface area contributed by atoms with Crippen LogP contribution in [0.2, 0.25) is 5.02 Å². The van der Waals surface area contributed by atoms with Gasteiger partial charge in [-0.3, -0.25) is 0 Å². The smallest absolute Gasteiger partial charge is 0.0408 e. The summed E-state index contributed by atoms with van der Waals surface area (Å²) in [6.45, 7) is 1.09. The third-order valence-electron chi connectivity index (χ3n) is 4.20. The lowest BCUT2D eigenvalue weighted by Crippen LogP contribution is -2.20. The highest BCUT2D eigenvalue weighted by Crippen LogP contribution is 2.38. The summed E-state index contributed by atoms with van der Waals surface area (Å²) < 4.78 is 0. The van der Waals surface area contributed by atoms with Gasteiger partial charge in [0.25, 0.3) is 0 Å². The van der Waals surface area contributed by atoms with E-state index < -0.39 is 0 Å². The molecule has 1 N–H and O–H groups in total. The first-order valence-electron chi connectivity index (χ1n) is 7.21. The maximum absolute atomic E-state index is 6.15. The molecular weight excluding hydrogens is 242 g/mol. The second-order valence-electron chi connectivity index (χ2n) is 5.45. The zero-order valence-corrected chi connectivity index (χ0v) is 12.0. The van der Waals surface area contributed by atoms with E-state index >= 15 is 0 Å². The predicted molar refractivity (Wildman–Crippen MR) is 79.3 cm³/mol. The Balaban J connectivity index is 2.12. The van der Waals surface area contributed by atoms with Gasteiger partial charge in [-0.1, -0.05) is 43.0 Å². The summed E-state index contributed by atoms with van der Waals surface area (Å²) in [5, 5.41) is 4.16. The predicted octanol–water partition coefficient (Wildman–Crippen LogP) is 4.61. The van der Waals surface area contributed by atoms with Crippen molar-refractivity contribution in [3.63, 3.8) is 0 Å². The Hall–Kier alpha value is -0.530. The molecule has 0 heterocycles. The highest BCUT2D eigenvalue weighted by molar-refractivity contribution is 6.30. The van der Waals surface area contributed by atoms with Gasteiger partial charge in [-0.2, -0.15) is 0 Å². The number of rotatable bonds is 5. The van der Waals surface area contributed by atoms with Gasteiger partial charge < -0.3 is 5.32 Å². The molecule has 1 unspecified atom stereocenters. The monoisotopic (exact) mass is 265 g/mol. The fraction of sp³-hybridized carbons (Fsp3) is 0.625. The number of hydrogen-bond donors (Lipinski definition) is 1. The van der Waals surface area contributed by atoms with Crippen LogP contribution in [0.15, 0.2) is 24.3 Å². The minimum absolute atomic E-state index is 0.677. The first-order valence-corrected chi connectivity index (χ1v) is 7.59. The number of nitrogens with one attached hydrogen (secondary N) is 1. The average Bonchev–Trinajstić information content (AvgIpc) is 2.40. The molecule has 0 bridgehead atoms. The van der Waals surface area contributed by atoms with Gasteiger partial charge in [0.1, 0.15) is 0 Å². The molecule has 0 aromatic heterocycles. The minimum atomic E-state index is 0.677. The second kappa shape index (κ2) is 7.16. The van der Waals surface area contributed by atoms with Crippen LogP contribution in [0.5, 0.6) is 0 Å². The molecule has 1 aliphatic rings. The molecule has 0 spiro atoms. The van der Waals surface area contributed by atoms with Crippen LogP contribution in [0, 0.1) is 5.92 Å². The Morgan fingerprint density at radius 2 is 2.06 bits per heavy atom. The molecule has 100 valence electrons. The van der Waals surface area contributed by atoms with E-state index in [0.29, 0.717) is 5.92 Å². The summed E-state index contributed by atoms with van der Waals surface area (Å²) in [6, 6.07) is 8.48. The maximum Gasteiger partial charge on any atom is 0.0408 e. The standard InChI is InChI=1S/C16H24ClN/c1-18-11-10-16(13-6-3-2-4-7-13)14-8-5-9-15(17)12-14/h5,8-9,12-13,16,18H,2-4,6-7,10-11H2,1H3. The lowest BCUT2D eigenvalue weighted by atomic mass is 9.75. The third kappa shape index (κ3) is 3.73. The summed E-state index contributed by atoms with van der Waals surface area (Å²) in [6.07, 6.45) is 8.23. The number of hydrogen-bond acceptors (Lipinski definition) is 1. The molecule has 1 atom stereocenters. The van der Waals surface area contributed by atoms with Gasteiger partial charge in [-0.15, -0.1) is 0 Å². The highest BCUT2D eigenvalue weighted by Gasteiger charge is 2.24. The van der Waals surface area contributed by atoms with Crippen LogP contribution < -0.4 is 5.32 Å². The quantitative estimate of drug-likeness (QED) is 0.820. The first kappa shape index (κ1) is 13.9. The summed E-state index contributed by atoms with van der Waals surface area (Å²) in [5.41, 5.74) is 1.43. The van der Waals surface area contributed by atoms with Crippen molar-refractivity contribution in [3.8, 4) is 0 Å². The zero-order valence-electron chi connectivity index (χ0n) is 11.3. The van der Waals surface area contributed by atoms with E-state index in [2.05, 4.69) is 23.5 Å². The van der Waals surface area contributed by atoms with Crippen molar-refractivity contribution in [2.45, 2.75) is 44.4 Å². The van der Waals surface area contributed by atoms with Crippen LogP contribution in [-0.2, 0) is 0 Å². The van der Waals surface area contributed by atoms with E-state index in [9.17, 15) is 0 Å². The number of benzene rings is 1. The summed E-state index contributed by atoms with van der Waals surface area (Å²) >= 11 is 6.15. The Bertz CT molecular complexity index is 358. The van der Waals surface area contributed by atoms with Gasteiger partial charge in [0.2, 0.25) is 0 Å². The fourth-order valence-corrected chi connectivity index (χ4v) is 3.45. The van der Waals surface area contributed by atoms with Crippen molar-refractivity contribution in [3.05, 3.63) is 34.9 Å². The van der Waals surface area contributed by atoms with Gasteiger partial charge in [0.15, 0.2) is 0 Å². The molecule has 1 aromatic rings. The molecule has 0 saturated heterocycles. The molecule has 0 amide bonds. The zero-order chi connectivity index (χ0) is 12.8. The highest BCUT2D eigenvalue weighted by atomic mass is 35.5. The molecule has 1 saturated carbocycles. The van der Waals surface area contributed by atoms with Crippen LogP contribution in [-0.4, -0.2) is 13.6 Å². The van der Waals surface area contributed by atoms with Crippen LogP contribution in [0.1, 0.15) is 50.0 Å². The fourth-order valence-electron chi connectivity index (χ4n) is 3.25. The lowest BCUT2D eigenvalue weighted by Gasteiger charge is -2.31. The molecule has 1 fully saturated rings. The van der Waals surface area contributed by atoms with Crippen LogP contribution >= 0.6 is 11.6 Å². The molecule has 18 heavy (non-hydrogen) atoms. The molecule has 2 heteroatoms. The molecule has 0 radical (unpaired) electrons. The maximum atomic E-state index is 6.15. The lowest BCUT2D eigenvalue weighted by molar-refractivity contribution is 0.293. The molecular formula is C16H24ClN. The van der Waals surface area contributed by atoms with Crippen molar-refractivity contribution >= 4 is 11.6 Å². The van der Waals surface area contributed by atoms with E-state index in [4.69, 9.17) is 11.6 Å².